The number of aromatic nitrogens is 4. The third-order valence-electron chi connectivity index (χ3n) is 5.17. The van der Waals surface area contributed by atoms with Crippen LogP contribution in [0.2, 0.25) is 0 Å². The monoisotopic (exact) mass is 465 g/mol. The number of ether oxygens (including phenoxy) is 1. The summed E-state index contributed by atoms with van der Waals surface area (Å²) in [4.78, 5) is 21.9. The summed E-state index contributed by atoms with van der Waals surface area (Å²) < 4.78 is 20.4. The molecule has 10 heteroatoms. The van der Waals surface area contributed by atoms with E-state index in [0.29, 0.717) is 48.6 Å². The topological polar surface area (TPSA) is 71.7 Å². The highest BCUT2D eigenvalue weighted by Crippen LogP contribution is 2.36. The molecule has 0 bridgehead atoms. The fraction of sp³-hybridized carbons (Fsp3) is 0.304. The Labute approximate surface area is 197 Å². The molecule has 0 spiro atoms. The van der Waals surface area contributed by atoms with Crippen LogP contribution in [0.3, 0.4) is 0 Å². The third-order valence-corrected chi connectivity index (χ3v) is 5.60. The summed E-state index contributed by atoms with van der Waals surface area (Å²) >= 11 is 0.0436. The van der Waals surface area contributed by atoms with E-state index in [9.17, 15) is 3.89 Å². The Kier molecular flexibility index (Phi) is 6.91. The van der Waals surface area contributed by atoms with E-state index in [0.717, 1.165) is 5.56 Å². The predicted octanol–water partition coefficient (Wildman–Crippen LogP) is 3.74. The van der Waals surface area contributed by atoms with Gasteiger partial charge in [-0.3, -0.25) is 4.99 Å². The van der Waals surface area contributed by atoms with E-state index in [2.05, 4.69) is 50.3 Å². The number of anilines is 2. The lowest BCUT2D eigenvalue weighted by Crippen LogP contribution is -2.44. The molecular formula is C23H24FN7OS. The number of rotatable bonds is 5. The maximum Gasteiger partial charge on any atom is 0.209 e. The van der Waals surface area contributed by atoms with Gasteiger partial charge < -0.3 is 14.5 Å². The molecule has 2 aromatic heterocycles. The van der Waals surface area contributed by atoms with Crippen LogP contribution in [-0.4, -0.2) is 65.5 Å². The maximum atomic E-state index is 13.6. The summed E-state index contributed by atoms with van der Waals surface area (Å²) in [6.07, 6.45) is 1.61. The lowest BCUT2D eigenvalue weighted by molar-refractivity contribution is 0.0986. The summed E-state index contributed by atoms with van der Waals surface area (Å²) in [5.74, 6) is 7.69. The van der Waals surface area contributed by atoms with Crippen LogP contribution >= 0.6 is 12.3 Å². The SMILES string of the molecule is C=Nc1c(N(C)C)nc(C#Cc2nc(-c3ccccc3)cn2SF)nc1N1CCOC[C@@H]1C. The molecule has 3 heterocycles. The Balaban J connectivity index is 1.77. The van der Waals surface area contributed by atoms with Gasteiger partial charge in [0.05, 0.1) is 24.9 Å². The van der Waals surface area contributed by atoms with Crippen LogP contribution in [0.4, 0.5) is 21.2 Å². The first-order valence-electron chi connectivity index (χ1n) is 10.4. The van der Waals surface area contributed by atoms with Gasteiger partial charge in [0.25, 0.3) is 0 Å². The van der Waals surface area contributed by atoms with Gasteiger partial charge in [0, 0.05) is 32.4 Å². The summed E-state index contributed by atoms with van der Waals surface area (Å²) in [5, 5.41) is 0. The van der Waals surface area contributed by atoms with Gasteiger partial charge in [0.1, 0.15) is 5.69 Å². The van der Waals surface area contributed by atoms with Crippen LogP contribution in [0.1, 0.15) is 18.6 Å². The Morgan fingerprint density at radius 2 is 2.00 bits per heavy atom. The van der Waals surface area contributed by atoms with E-state index in [-0.39, 0.29) is 24.2 Å². The maximum absolute atomic E-state index is 13.6. The molecule has 4 rings (SSSR count). The number of imidazole rings is 1. The van der Waals surface area contributed by atoms with E-state index in [1.807, 2.05) is 49.3 Å². The van der Waals surface area contributed by atoms with Crippen molar-refractivity contribution in [1.82, 2.24) is 18.9 Å². The third kappa shape index (κ3) is 4.84. The van der Waals surface area contributed by atoms with Crippen LogP contribution in [0.5, 0.6) is 0 Å². The highest BCUT2D eigenvalue weighted by atomic mass is 32.2. The van der Waals surface area contributed by atoms with Gasteiger partial charge in [0.15, 0.2) is 29.8 Å². The minimum absolute atomic E-state index is 0.0436. The van der Waals surface area contributed by atoms with Crippen LogP contribution in [-0.2, 0) is 4.74 Å². The normalized spacial score (nSPS) is 15.6. The number of halogens is 1. The van der Waals surface area contributed by atoms with Crippen molar-refractivity contribution in [2.75, 3.05) is 43.7 Å². The Morgan fingerprint density at radius 3 is 2.67 bits per heavy atom. The van der Waals surface area contributed by atoms with Crippen LogP contribution < -0.4 is 9.80 Å². The van der Waals surface area contributed by atoms with Crippen molar-refractivity contribution in [3.63, 3.8) is 0 Å². The largest absolute Gasteiger partial charge is 0.377 e. The number of nitrogens with zero attached hydrogens (tertiary/aromatic N) is 7. The number of hydrogen-bond donors (Lipinski definition) is 0. The lowest BCUT2D eigenvalue weighted by Gasteiger charge is -2.35. The van der Waals surface area contributed by atoms with Crippen molar-refractivity contribution in [2.24, 2.45) is 4.99 Å². The van der Waals surface area contributed by atoms with Gasteiger partial charge in [-0.05, 0) is 25.5 Å². The lowest BCUT2D eigenvalue weighted by atomic mass is 10.2. The van der Waals surface area contributed by atoms with Gasteiger partial charge >= 0.3 is 0 Å². The van der Waals surface area contributed by atoms with E-state index in [1.54, 1.807) is 6.20 Å². The van der Waals surface area contributed by atoms with Gasteiger partial charge in [0.2, 0.25) is 5.82 Å². The first-order chi connectivity index (χ1) is 16.0. The summed E-state index contributed by atoms with van der Waals surface area (Å²) in [5.41, 5.74) is 2.10. The van der Waals surface area contributed by atoms with Gasteiger partial charge in [-0.2, -0.15) is 0 Å². The minimum Gasteiger partial charge on any atom is -0.377 e. The highest BCUT2D eigenvalue weighted by Gasteiger charge is 2.26. The standard InChI is InChI=1S/C23H24FN7OS/c1-16-15-32-13-12-30(16)23-21(25-2)22(29(3)4)27-19(28-23)10-11-20-26-18(14-31(20)33-24)17-8-6-5-7-9-17/h5-9,14,16H,2,12-13,15H2,1,3-4H3/t16-/m0/s1. The molecule has 0 saturated carbocycles. The quantitative estimate of drug-likeness (QED) is 0.420. The van der Waals surface area contributed by atoms with Crippen LogP contribution in [0, 0.1) is 11.8 Å². The molecule has 1 fully saturated rings. The number of aliphatic imine (C=N–C) groups is 1. The van der Waals surface area contributed by atoms with E-state index >= 15 is 0 Å². The Hall–Kier alpha value is -3.42. The predicted molar refractivity (Wildman–Crippen MR) is 131 cm³/mol. The van der Waals surface area contributed by atoms with Crippen molar-refractivity contribution >= 4 is 36.4 Å². The van der Waals surface area contributed by atoms with Gasteiger partial charge in [-0.25, -0.2) is 18.9 Å². The molecule has 1 saturated heterocycles. The van der Waals surface area contributed by atoms with Crippen LogP contribution in [0.15, 0.2) is 41.5 Å². The highest BCUT2D eigenvalue weighted by molar-refractivity contribution is 7.92. The van der Waals surface area contributed by atoms with Crippen LogP contribution in [0.25, 0.3) is 11.3 Å². The molecule has 0 amide bonds. The second-order valence-corrected chi connectivity index (χ2v) is 8.20. The molecule has 3 aromatic rings. The summed E-state index contributed by atoms with van der Waals surface area (Å²) in [6, 6.07) is 9.66. The summed E-state index contributed by atoms with van der Waals surface area (Å²) in [6.45, 7) is 7.64. The zero-order valence-corrected chi connectivity index (χ0v) is 19.5. The molecule has 1 aliphatic rings. The average molecular weight is 466 g/mol. The summed E-state index contributed by atoms with van der Waals surface area (Å²) in [7, 11) is 3.75. The molecule has 1 aromatic carbocycles. The number of morpholine rings is 1. The molecule has 0 radical (unpaired) electrons. The number of hydrogen-bond acceptors (Lipinski definition) is 8. The second kappa shape index (κ2) is 10.0. The Morgan fingerprint density at radius 1 is 1.21 bits per heavy atom. The van der Waals surface area contributed by atoms with E-state index in [4.69, 9.17) is 4.74 Å². The molecule has 0 aliphatic carbocycles. The molecule has 1 atom stereocenters. The molecule has 170 valence electrons. The molecule has 0 unspecified atom stereocenters. The van der Waals surface area contributed by atoms with Gasteiger partial charge in [-0.1, -0.05) is 30.3 Å². The van der Waals surface area contributed by atoms with Gasteiger partial charge in [-0.15, -0.1) is 3.89 Å². The molecule has 0 N–H and O–H groups in total. The zero-order valence-electron chi connectivity index (χ0n) is 18.7. The van der Waals surface area contributed by atoms with Crippen molar-refractivity contribution < 1.29 is 8.62 Å². The van der Waals surface area contributed by atoms with Crippen molar-refractivity contribution in [2.45, 2.75) is 13.0 Å². The molecule has 1 aliphatic heterocycles. The first-order valence-corrected chi connectivity index (χ1v) is 11.1. The zero-order chi connectivity index (χ0) is 23.4. The second-order valence-electron chi connectivity index (χ2n) is 7.67. The average Bonchev–Trinajstić information content (AvgIpc) is 3.26. The molecule has 8 nitrogen and oxygen atoms in total. The van der Waals surface area contributed by atoms with E-state index in [1.165, 1.54) is 3.97 Å². The molecular weight excluding hydrogens is 441 g/mol. The minimum atomic E-state index is 0.0436. The van der Waals surface area contributed by atoms with E-state index < -0.39 is 0 Å². The van der Waals surface area contributed by atoms with Crippen molar-refractivity contribution in [1.29, 1.82) is 0 Å². The Bertz CT molecular complexity index is 1200. The number of benzene rings is 1. The first kappa shape index (κ1) is 22.8. The van der Waals surface area contributed by atoms with Crippen molar-refractivity contribution in [3.8, 4) is 23.1 Å². The molecule has 33 heavy (non-hydrogen) atoms. The fourth-order valence-electron chi connectivity index (χ4n) is 3.54. The van der Waals surface area contributed by atoms with Crippen molar-refractivity contribution in [3.05, 3.63) is 48.2 Å². The smallest absolute Gasteiger partial charge is 0.209 e. The fourth-order valence-corrected chi connectivity index (χ4v) is 3.83.